The first-order valence-electron chi connectivity index (χ1n) is 20.1. The standard InChI is InChI=1S/C56H35NOS/c1-3-13-37(14-4-1)44-33-34-50(54-48-20-9-10-24-51(48)58-55(44)54)57(49-23-11-18-40-26-25-39-17-7-8-19-43(39)53(40)49)42-30-27-36(28-31-42)41-29-32-46-47-22-12-21-45(38-15-5-2-6-16-38)56(47)59-52(46)35-41/h1-35H. The van der Waals surface area contributed by atoms with Gasteiger partial charge in [0.15, 0.2) is 0 Å². The Morgan fingerprint density at radius 1 is 0.373 bits per heavy atom. The summed E-state index contributed by atoms with van der Waals surface area (Å²) in [5.74, 6) is 0. The van der Waals surface area contributed by atoms with Gasteiger partial charge in [0.25, 0.3) is 0 Å². The maximum absolute atomic E-state index is 6.80. The van der Waals surface area contributed by atoms with Crippen molar-refractivity contribution < 1.29 is 4.42 Å². The topological polar surface area (TPSA) is 16.4 Å². The fourth-order valence-electron chi connectivity index (χ4n) is 9.10. The fraction of sp³-hybridized carbons (Fsp3) is 0. The minimum absolute atomic E-state index is 0.873. The van der Waals surface area contributed by atoms with Gasteiger partial charge in [-0.15, -0.1) is 11.3 Å². The maximum Gasteiger partial charge on any atom is 0.145 e. The van der Waals surface area contributed by atoms with Crippen molar-refractivity contribution in [3.8, 4) is 33.4 Å². The lowest BCUT2D eigenvalue weighted by Crippen LogP contribution is -2.11. The molecule has 276 valence electrons. The molecule has 0 aliphatic carbocycles. The number of anilines is 3. The fourth-order valence-corrected chi connectivity index (χ4v) is 10.4. The van der Waals surface area contributed by atoms with Gasteiger partial charge in [0, 0.05) is 42.2 Å². The molecule has 0 unspecified atom stereocenters. The molecule has 0 fully saturated rings. The normalized spacial score (nSPS) is 11.7. The molecule has 0 radical (unpaired) electrons. The highest BCUT2D eigenvalue weighted by atomic mass is 32.1. The average molecular weight is 770 g/mol. The van der Waals surface area contributed by atoms with E-state index in [1.165, 1.54) is 64.0 Å². The second-order valence-electron chi connectivity index (χ2n) is 15.2. The smallest absolute Gasteiger partial charge is 0.145 e. The number of hydrogen-bond donors (Lipinski definition) is 0. The van der Waals surface area contributed by atoms with Crippen LogP contribution >= 0.6 is 11.3 Å². The average Bonchev–Trinajstić information content (AvgIpc) is 3.89. The van der Waals surface area contributed by atoms with Gasteiger partial charge < -0.3 is 9.32 Å². The van der Waals surface area contributed by atoms with Crippen LogP contribution in [0.2, 0.25) is 0 Å². The maximum atomic E-state index is 6.80. The Balaban J connectivity index is 1.06. The molecule has 0 aliphatic rings. The molecule has 2 heterocycles. The van der Waals surface area contributed by atoms with E-state index in [4.69, 9.17) is 4.42 Å². The molecule has 0 bridgehead atoms. The van der Waals surface area contributed by atoms with E-state index in [2.05, 4.69) is 217 Å². The van der Waals surface area contributed by atoms with Gasteiger partial charge in [-0.3, -0.25) is 0 Å². The Bertz CT molecular complexity index is 3550. The number of rotatable bonds is 6. The highest BCUT2D eigenvalue weighted by Crippen LogP contribution is 2.49. The van der Waals surface area contributed by atoms with Gasteiger partial charge in [0.05, 0.1) is 16.8 Å². The van der Waals surface area contributed by atoms with Gasteiger partial charge >= 0.3 is 0 Å². The minimum atomic E-state index is 0.873. The Morgan fingerprint density at radius 3 is 1.85 bits per heavy atom. The number of fused-ring (bicyclic) bond motifs is 9. The third-order valence-electron chi connectivity index (χ3n) is 11.9. The van der Waals surface area contributed by atoms with Gasteiger partial charge in [-0.25, -0.2) is 0 Å². The predicted molar refractivity (Wildman–Crippen MR) is 253 cm³/mol. The van der Waals surface area contributed by atoms with Crippen molar-refractivity contribution in [1.82, 2.24) is 0 Å². The summed E-state index contributed by atoms with van der Waals surface area (Å²) in [6.07, 6.45) is 0. The van der Waals surface area contributed by atoms with Crippen molar-refractivity contribution in [2.45, 2.75) is 0 Å². The zero-order valence-electron chi connectivity index (χ0n) is 32.0. The first-order valence-corrected chi connectivity index (χ1v) is 20.9. The number of para-hydroxylation sites is 1. The monoisotopic (exact) mass is 769 g/mol. The summed E-state index contributed by atoms with van der Waals surface area (Å²) in [5, 5.41) is 9.65. The SMILES string of the molecule is c1ccc(-c2ccc(N(c3ccc(-c4ccc5c(c4)sc4c(-c6ccccc6)cccc45)cc3)c3cccc4ccc5ccccc5c34)c3c2oc2ccccc23)cc1. The summed E-state index contributed by atoms with van der Waals surface area (Å²) in [6, 6.07) is 76.8. The zero-order valence-corrected chi connectivity index (χ0v) is 32.8. The lowest BCUT2D eigenvalue weighted by atomic mass is 9.97. The molecule has 0 spiro atoms. The summed E-state index contributed by atoms with van der Waals surface area (Å²) >= 11 is 1.88. The second-order valence-corrected chi connectivity index (χ2v) is 16.3. The Morgan fingerprint density at radius 2 is 1.02 bits per heavy atom. The Labute approximate surface area is 345 Å². The molecule has 2 nitrogen and oxygen atoms in total. The zero-order chi connectivity index (χ0) is 38.9. The van der Waals surface area contributed by atoms with E-state index in [0.29, 0.717) is 0 Å². The van der Waals surface area contributed by atoms with Crippen LogP contribution in [0, 0.1) is 0 Å². The third-order valence-corrected chi connectivity index (χ3v) is 13.1. The van der Waals surface area contributed by atoms with E-state index < -0.39 is 0 Å². The van der Waals surface area contributed by atoms with Crippen LogP contribution in [0.1, 0.15) is 0 Å². The molecule has 0 amide bonds. The molecule has 0 aliphatic heterocycles. The predicted octanol–water partition coefficient (Wildman–Crippen LogP) is 16.7. The van der Waals surface area contributed by atoms with Crippen molar-refractivity contribution >= 4 is 92.1 Å². The lowest BCUT2D eigenvalue weighted by Gasteiger charge is -2.28. The van der Waals surface area contributed by atoms with Crippen LogP contribution in [-0.2, 0) is 0 Å². The summed E-state index contributed by atoms with van der Waals surface area (Å²) < 4.78 is 9.42. The van der Waals surface area contributed by atoms with Crippen molar-refractivity contribution in [1.29, 1.82) is 0 Å². The number of nitrogens with zero attached hydrogens (tertiary/aromatic N) is 1. The van der Waals surface area contributed by atoms with E-state index >= 15 is 0 Å². The van der Waals surface area contributed by atoms with Gasteiger partial charge in [0.1, 0.15) is 11.2 Å². The van der Waals surface area contributed by atoms with Crippen LogP contribution in [0.4, 0.5) is 17.1 Å². The first-order chi connectivity index (χ1) is 29.3. The Hall–Kier alpha value is -7.46. The van der Waals surface area contributed by atoms with Crippen molar-refractivity contribution in [3.05, 3.63) is 212 Å². The van der Waals surface area contributed by atoms with Crippen LogP contribution in [0.15, 0.2) is 217 Å². The van der Waals surface area contributed by atoms with Crippen molar-refractivity contribution in [2.24, 2.45) is 0 Å². The third kappa shape index (κ3) is 5.47. The number of thiophene rings is 1. The van der Waals surface area contributed by atoms with Gasteiger partial charge in [-0.2, -0.15) is 0 Å². The van der Waals surface area contributed by atoms with Crippen LogP contribution < -0.4 is 4.90 Å². The number of hydrogen-bond acceptors (Lipinski definition) is 3. The lowest BCUT2D eigenvalue weighted by molar-refractivity contribution is 0.670. The van der Waals surface area contributed by atoms with Crippen molar-refractivity contribution in [3.63, 3.8) is 0 Å². The molecule has 0 atom stereocenters. The second kappa shape index (κ2) is 13.6. The molecule has 0 saturated heterocycles. The number of furan rings is 1. The molecule has 59 heavy (non-hydrogen) atoms. The summed E-state index contributed by atoms with van der Waals surface area (Å²) in [5.41, 5.74) is 12.1. The molecule has 10 aromatic carbocycles. The van der Waals surface area contributed by atoms with E-state index in [-0.39, 0.29) is 0 Å². The van der Waals surface area contributed by atoms with Crippen LogP contribution in [0.25, 0.3) is 97.0 Å². The van der Waals surface area contributed by atoms with Gasteiger partial charge in [-0.05, 0) is 86.4 Å². The molecule has 2 aromatic heterocycles. The molecular weight excluding hydrogens is 735 g/mol. The molecule has 12 rings (SSSR count). The minimum Gasteiger partial charge on any atom is -0.455 e. The van der Waals surface area contributed by atoms with Crippen molar-refractivity contribution in [2.75, 3.05) is 4.90 Å². The summed E-state index contributed by atoms with van der Waals surface area (Å²) in [4.78, 5) is 2.44. The molecule has 3 heteroatoms. The van der Waals surface area contributed by atoms with Gasteiger partial charge in [0.2, 0.25) is 0 Å². The number of benzene rings is 10. The van der Waals surface area contributed by atoms with E-state index in [1.54, 1.807) is 0 Å². The van der Waals surface area contributed by atoms with E-state index in [9.17, 15) is 0 Å². The quantitative estimate of drug-likeness (QED) is 0.157. The summed E-state index contributed by atoms with van der Waals surface area (Å²) in [6.45, 7) is 0. The highest BCUT2D eigenvalue weighted by Gasteiger charge is 2.24. The van der Waals surface area contributed by atoms with E-state index in [1.807, 2.05) is 11.3 Å². The molecule has 12 aromatic rings. The highest BCUT2D eigenvalue weighted by molar-refractivity contribution is 7.26. The molecular formula is C56H35NOS. The molecule has 0 N–H and O–H groups in total. The summed E-state index contributed by atoms with van der Waals surface area (Å²) in [7, 11) is 0. The first kappa shape index (κ1) is 33.7. The molecule has 0 saturated carbocycles. The van der Waals surface area contributed by atoms with E-state index in [0.717, 1.165) is 50.1 Å². The van der Waals surface area contributed by atoms with Gasteiger partial charge in [-0.1, -0.05) is 170 Å². The van der Waals surface area contributed by atoms with Crippen LogP contribution in [0.5, 0.6) is 0 Å². The largest absolute Gasteiger partial charge is 0.455 e. The Kier molecular flexibility index (Phi) is 7.75. The van der Waals surface area contributed by atoms with Crippen LogP contribution in [-0.4, -0.2) is 0 Å². The van der Waals surface area contributed by atoms with Crippen LogP contribution in [0.3, 0.4) is 0 Å².